The molecule has 24 heavy (non-hydrogen) atoms. The molecule has 0 aliphatic heterocycles. The fourth-order valence-corrected chi connectivity index (χ4v) is 3.13. The molecular formula is C18H18N2O3S. The molecule has 0 N–H and O–H groups in total. The van der Waals surface area contributed by atoms with Crippen molar-refractivity contribution in [2.45, 2.75) is 13.8 Å². The first-order valence-electron chi connectivity index (χ1n) is 7.76. The van der Waals surface area contributed by atoms with Gasteiger partial charge in [-0.15, -0.1) is 11.3 Å². The van der Waals surface area contributed by atoms with Crippen LogP contribution in [0.5, 0.6) is 11.5 Å². The second-order valence-electron chi connectivity index (χ2n) is 5.01. The quantitative estimate of drug-likeness (QED) is 0.503. The second kappa shape index (κ2) is 7.31. The molecule has 2 heterocycles. The topological polar surface area (TPSA) is 58.3 Å². The lowest BCUT2D eigenvalue weighted by Gasteiger charge is -2.11. The number of pyridine rings is 1. The minimum Gasteiger partial charge on any atom is -0.619 e. The standard InChI is InChI=1S/C18H18N2O3S/c1-3-22-16-6-5-14(11-17(16)23-4-2)18-19-15(12-24-18)13-7-9-20(21)10-8-13/h5-12H,3-4H2,1-2H3. The number of benzene rings is 1. The summed E-state index contributed by atoms with van der Waals surface area (Å²) in [4.78, 5) is 4.67. The molecular weight excluding hydrogens is 324 g/mol. The average molecular weight is 342 g/mol. The number of thiazole rings is 1. The van der Waals surface area contributed by atoms with E-state index >= 15 is 0 Å². The average Bonchev–Trinajstić information content (AvgIpc) is 3.07. The molecule has 0 radical (unpaired) electrons. The zero-order valence-corrected chi connectivity index (χ0v) is 14.4. The minimum atomic E-state index is 0.575. The minimum absolute atomic E-state index is 0.575. The smallest absolute Gasteiger partial charge is 0.181 e. The van der Waals surface area contributed by atoms with Crippen LogP contribution in [0.4, 0.5) is 0 Å². The van der Waals surface area contributed by atoms with Crippen molar-refractivity contribution in [3.8, 4) is 33.3 Å². The maximum Gasteiger partial charge on any atom is 0.181 e. The van der Waals surface area contributed by atoms with E-state index in [4.69, 9.17) is 9.47 Å². The molecule has 124 valence electrons. The maximum atomic E-state index is 11.1. The first kappa shape index (κ1) is 16.3. The summed E-state index contributed by atoms with van der Waals surface area (Å²) >= 11 is 1.56. The Bertz CT molecular complexity index is 815. The lowest BCUT2D eigenvalue weighted by atomic mass is 10.2. The third-order valence-corrected chi connectivity index (χ3v) is 4.28. The molecule has 1 aromatic carbocycles. The van der Waals surface area contributed by atoms with Crippen LogP contribution in [0.1, 0.15) is 13.8 Å². The van der Waals surface area contributed by atoms with Crippen molar-refractivity contribution in [2.75, 3.05) is 13.2 Å². The van der Waals surface area contributed by atoms with Crippen molar-refractivity contribution in [2.24, 2.45) is 0 Å². The van der Waals surface area contributed by atoms with Crippen molar-refractivity contribution >= 4 is 11.3 Å². The highest BCUT2D eigenvalue weighted by Crippen LogP contribution is 2.35. The van der Waals surface area contributed by atoms with Gasteiger partial charge in [0.1, 0.15) is 5.01 Å². The first-order valence-corrected chi connectivity index (χ1v) is 8.64. The molecule has 0 aliphatic rings. The largest absolute Gasteiger partial charge is 0.619 e. The van der Waals surface area contributed by atoms with Crippen LogP contribution in [-0.2, 0) is 0 Å². The summed E-state index contributed by atoms with van der Waals surface area (Å²) in [5, 5.41) is 14.0. The zero-order valence-electron chi connectivity index (χ0n) is 13.6. The molecule has 6 heteroatoms. The Morgan fingerprint density at radius 1 is 1.00 bits per heavy atom. The Morgan fingerprint density at radius 3 is 2.42 bits per heavy atom. The summed E-state index contributed by atoms with van der Waals surface area (Å²) in [6.07, 6.45) is 2.94. The number of aromatic nitrogens is 2. The molecule has 2 aromatic heterocycles. The van der Waals surface area contributed by atoms with Gasteiger partial charge < -0.3 is 14.7 Å². The van der Waals surface area contributed by atoms with Crippen LogP contribution in [0.2, 0.25) is 0 Å². The van der Waals surface area contributed by atoms with Gasteiger partial charge in [0.15, 0.2) is 23.9 Å². The van der Waals surface area contributed by atoms with Crippen LogP contribution in [0.15, 0.2) is 48.1 Å². The molecule has 5 nitrogen and oxygen atoms in total. The molecule has 0 saturated carbocycles. The van der Waals surface area contributed by atoms with E-state index in [-0.39, 0.29) is 0 Å². The highest BCUT2D eigenvalue weighted by Gasteiger charge is 2.11. The molecule has 0 amide bonds. The van der Waals surface area contributed by atoms with Crippen LogP contribution in [0.3, 0.4) is 0 Å². The van der Waals surface area contributed by atoms with Crippen LogP contribution in [-0.4, -0.2) is 18.2 Å². The number of ether oxygens (including phenoxy) is 2. The molecule has 0 bridgehead atoms. The van der Waals surface area contributed by atoms with Crippen molar-refractivity contribution in [3.63, 3.8) is 0 Å². The third kappa shape index (κ3) is 3.49. The van der Waals surface area contributed by atoms with E-state index in [2.05, 4.69) is 4.98 Å². The van der Waals surface area contributed by atoms with Gasteiger partial charge in [-0.1, -0.05) is 0 Å². The number of hydrogen-bond acceptors (Lipinski definition) is 5. The first-order chi connectivity index (χ1) is 11.7. The Morgan fingerprint density at radius 2 is 1.71 bits per heavy atom. The molecule has 3 aromatic rings. The fraction of sp³-hybridized carbons (Fsp3) is 0.222. The van der Waals surface area contributed by atoms with Crippen molar-refractivity contribution in [1.82, 2.24) is 4.98 Å². The maximum absolute atomic E-state index is 11.1. The highest BCUT2D eigenvalue weighted by molar-refractivity contribution is 7.13. The summed E-state index contributed by atoms with van der Waals surface area (Å²) in [7, 11) is 0. The van der Waals surface area contributed by atoms with Crippen molar-refractivity contribution < 1.29 is 14.2 Å². The summed E-state index contributed by atoms with van der Waals surface area (Å²) in [5.74, 6) is 1.46. The summed E-state index contributed by atoms with van der Waals surface area (Å²) in [6.45, 7) is 5.06. The molecule has 0 saturated heterocycles. The lowest BCUT2D eigenvalue weighted by molar-refractivity contribution is -0.605. The second-order valence-corrected chi connectivity index (χ2v) is 5.87. The van der Waals surface area contributed by atoms with E-state index in [9.17, 15) is 5.21 Å². The monoisotopic (exact) mass is 342 g/mol. The van der Waals surface area contributed by atoms with Crippen molar-refractivity contribution in [1.29, 1.82) is 0 Å². The van der Waals surface area contributed by atoms with Gasteiger partial charge in [-0.3, -0.25) is 0 Å². The Hall–Kier alpha value is -2.60. The van der Waals surface area contributed by atoms with E-state index in [1.165, 1.54) is 12.4 Å². The van der Waals surface area contributed by atoms with Gasteiger partial charge in [-0.25, -0.2) is 4.98 Å². The van der Waals surface area contributed by atoms with Crippen LogP contribution >= 0.6 is 11.3 Å². The van der Waals surface area contributed by atoms with Gasteiger partial charge in [0, 0.05) is 28.6 Å². The normalized spacial score (nSPS) is 10.6. The van der Waals surface area contributed by atoms with Gasteiger partial charge in [0.05, 0.1) is 18.9 Å². The van der Waals surface area contributed by atoms with Crippen LogP contribution in [0, 0.1) is 5.21 Å². The summed E-state index contributed by atoms with van der Waals surface area (Å²) in [6, 6.07) is 9.36. The SMILES string of the molecule is CCOc1ccc(-c2nc(-c3cc[n+]([O-])cc3)cs2)cc1OCC. The molecule has 0 fully saturated rings. The molecule has 0 aliphatic carbocycles. The Kier molecular flexibility index (Phi) is 4.96. The van der Waals surface area contributed by atoms with Crippen LogP contribution in [0.25, 0.3) is 21.8 Å². The Labute approximate surface area is 144 Å². The number of rotatable bonds is 6. The van der Waals surface area contributed by atoms with Crippen molar-refractivity contribution in [3.05, 3.63) is 53.3 Å². The number of nitrogens with zero attached hydrogens (tertiary/aromatic N) is 2. The summed E-state index contributed by atoms with van der Waals surface area (Å²) < 4.78 is 12.0. The molecule has 3 rings (SSSR count). The predicted molar refractivity (Wildman–Crippen MR) is 94.3 cm³/mol. The highest BCUT2D eigenvalue weighted by atomic mass is 32.1. The van der Waals surface area contributed by atoms with E-state index < -0.39 is 0 Å². The van der Waals surface area contributed by atoms with Crippen LogP contribution < -0.4 is 14.2 Å². The zero-order chi connectivity index (χ0) is 16.9. The van der Waals surface area contributed by atoms with Gasteiger partial charge in [0.25, 0.3) is 0 Å². The lowest BCUT2D eigenvalue weighted by Crippen LogP contribution is -2.23. The number of hydrogen-bond donors (Lipinski definition) is 0. The van der Waals surface area contributed by atoms with E-state index in [0.717, 1.165) is 38.1 Å². The van der Waals surface area contributed by atoms with Gasteiger partial charge in [0.2, 0.25) is 0 Å². The molecule has 0 atom stereocenters. The summed E-state index contributed by atoms with van der Waals surface area (Å²) in [5.41, 5.74) is 2.75. The van der Waals surface area contributed by atoms with Gasteiger partial charge in [-0.2, -0.15) is 4.73 Å². The van der Waals surface area contributed by atoms with E-state index in [0.29, 0.717) is 13.2 Å². The van der Waals surface area contributed by atoms with Gasteiger partial charge in [-0.05, 0) is 32.0 Å². The fourth-order valence-electron chi connectivity index (χ4n) is 2.31. The van der Waals surface area contributed by atoms with E-state index in [1.807, 2.05) is 37.4 Å². The van der Waals surface area contributed by atoms with E-state index in [1.54, 1.807) is 23.5 Å². The predicted octanol–water partition coefficient (Wildman–Crippen LogP) is 3.91. The van der Waals surface area contributed by atoms with Gasteiger partial charge >= 0.3 is 0 Å². The molecule has 0 unspecified atom stereocenters. The third-order valence-electron chi connectivity index (χ3n) is 3.39. The molecule has 0 spiro atoms. The Balaban J connectivity index is 1.91.